The molecular weight excluding hydrogens is 404 g/mol. The topological polar surface area (TPSA) is 29.5 Å². The van der Waals surface area contributed by atoms with Gasteiger partial charge < -0.3 is 9.84 Å². The standard InChI is InChI=1S/C31H44O2/c1-4-6-7-8-24-9-11-28(12-10-24)29-17-19-31(20-18-29)30-15-13-27(14-16-30)26(5-2)21-25(22-32)23-33-3/h11,13-20,24-26,32H,4-10,12,21-23H2,1-3H3. The van der Waals surface area contributed by atoms with Gasteiger partial charge in [-0.25, -0.2) is 0 Å². The minimum Gasteiger partial charge on any atom is -0.396 e. The minimum absolute atomic E-state index is 0.185. The van der Waals surface area contributed by atoms with E-state index in [0.717, 1.165) is 18.8 Å². The van der Waals surface area contributed by atoms with Crippen molar-refractivity contribution in [1.82, 2.24) is 0 Å². The highest BCUT2D eigenvalue weighted by Gasteiger charge is 2.17. The van der Waals surface area contributed by atoms with Gasteiger partial charge in [0.05, 0.1) is 6.61 Å². The summed E-state index contributed by atoms with van der Waals surface area (Å²) in [4.78, 5) is 0. The number of allylic oxidation sites excluding steroid dienone is 2. The van der Waals surface area contributed by atoms with Crippen molar-refractivity contribution in [3.63, 3.8) is 0 Å². The van der Waals surface area contributed by atoms with E-state index in [9.17, 15) is 5.11 Å². The molecule has 0 bridgehead atoms. The zero-order chi connectivity index (χ0) is 23.5. The molecule has 33 heavy (non-hydrogen) atoms. The highest BCUT2D eigenvalue weighted by molar-refractivity contribution is 5.71. The lowest BCUT2D eigenvalue weighted by Gasteiger charge is -2.22. The summed E-state index contributed by atoms with van der Waals surface area (Å²) in [6.07, 6.45) is 13.9. The van der Waals surface area contributed by atoms with Gasteiger partial charge in [-0.3, -0.25) is 0 Å². The van der Waals surface area contributed by atoms with Gasteiger partial charge in [-0.05, 0) is 71.8 Å². The fourth-order valence-electron chi connectivity index (χ4n) is 5.29. The number of ether oxygens (including phenoxy) is 1. The van der Waals surface area contributed by atoms with Crippen LogP contribution in [0.3, 0.4) is 0 Å². The van der Waals surface area contributed by atoms with E-state index >= 15 is 0 Å². The summed E-state index contributed by atoms with van der Waals surface area (Å²) in [5.74, 6) is 1.55. The molecule has 1 N–H and O–H groups in total. The van der Waals surface area contributed by atoms with Gasteiger partial charge in [0, 0.05) is 19.6 Å². The van der Waals surface area contributed by atoms with Crippen LogP contribution in [0.2, 0.25) is 0 Å². The minimum atomic E-state index is 0.185. The van der Waals surface area contributed by atoms with Crippen molar-refractivity contribution in [2.45, 2.75) is 77.6 Å². The first-order chi connectivity index (χ1) is 16.2. The van der Waals surface area contributed by atoms with E-state index in [-0.39, 0.29) is 12.5 Å². The third-order valence-electron chi connectivity index (χ3n) is 7.48. The van der Waals surface area contributed by atoms with Gasteiger partial charge in [-0.1, -0.05) is 94.1 Å². The molecule has 0 spiro atoms. The lowest BCUT2D eigenvalue weighted by atomic mass is 9.83. The predicted molar refractivity (Wildman–Crippen MR) is 141 cm³/mol. The smallest absolute Gasteiger partial charge is 0.0512 e. The monoisotopic (exact) mass is 448 g/mol. The molecule has 0 amide bonds. The van der Waals surface area contributed by atoms with Crippen LogP contribution in [0.5, 0.6) is 0 Å². The number of rotatable bonds is 13. The Balaban J connectivity index is 1.60. The SMILES string of the molecule is CCCCCC1CC=C(c2ccc(-c3ccc(C(CC)CC(CO)COC)cc3)cc2)CC1. The average Bonchev–Trinajstić information content (AvgIpc) is 2.87. The lowest BCUT2D eigenvalue weighted by molar-refractivity contribution is 0.100. The number of unbranched alkanes of at least 4 members (excludes halogenated alkanes) is 2. The van der Waals surface area contributed by atoms with Crippen LogP contribution in [0.1, 0.15) is 88.7 Å². The Labute approximate surface area is 202 Å². The Morgan fingerprint density at radius 1 is 0.939 bits per heavy atom. The second-order valence-electron chi connectivity index (χ2n) is 9.91. The van der Waals surface area contributed by atoms with E-state index < -0.39 is 0 Å². The fraction of sp³-hybridized carbons (Fsp3) is 0.548. The molecule has 0 aromatic heterocycles. The maximum Gasteiger partial charge on any atom is 0.0512 e. The maximum absolute atomic E-state index is 9.63. The zero-order valence-corrected chi connectivity index (χ0v) is 21.1. The van der Waals surface area contributed by atoms with Crippen molar-refractivity contribution in [3.05, 3.63) is 65.7 Å². The molecule has 0 heterocycles. The van der Waals surface area contributed by atoms with Gasteiger partial charge >= 0.3 is 0 Å². The zero-order valence-electron chi connectivity index (χ0n) is 21.1. The Morgan fingerprint density at radius 2 is 1.61 bits per heavy atom. The van der Waals surface area contributed by atoms with Crippen LogP contribution in [-0.2, 0) is 4.74 Å². The van der Waals surface area contributed by atoms with Crippen molar-refractivity contribution < 1.29 is 9.84 Å². The molecular formula is C31H44O2. The molecule has 2 nitrogen and oxygen atoms in total. The highest BCUT2D eigenvalue weighted by Crippen LogP contribution is 2.34. The summed E-state index contributed by atoms with van der Waals surface area (Å²) in [6.45, 7) is 5.32. The molecule has 1 aliphatic rings. The van der Waals surface area contributed by atoms with Crippen molar-refractivity contribution >= 4 is 5.57 Å². The van der Waals surface area contributed by atoms with E-state index in [1.54, 1.807) is 7.11 Å². The number of aliphatic hydroxyl groups is 1. The van der Waals surface area contributed by atoms with Gasteiger partial charge in [0.1, 0.15) is 0 Å². The second-order valence-corrected chi connectivity index (χ2v) is 9.91. The third kappa shape index (κ3) is 7.55. The van der Waals surface area contributed by atoms with Crippen molar-refractivity contribution in [3.8, 4) is 11.1 Å². The predicted octanol–water partition coefficient (Wildman–Crippen LogP) is 8.26. The van der Waals surface area contributed by atoms with Gasteiger partial charge in [-0.2, -0.15) is 0 Å². The van der Waals surface area contributed by atoms with Gasteiger partial charge in [-0.15, -0.1) is 0 Å². The molecule has 180 valence electrons. The molecule has 0 fully saturated rings. The van der Waals surface area contributed by atoms with E-state index in [4.69, 9.17) is 4.74 Å². The van der Waals surface area contributed by atoms with E-state index in [1.165, 1.54) is 72.8 Å². The van der Waals surface area contributed by atoms with E-state index in [0.29, 0.717) is 12.5 Å². The van der Waals surface area contributed by atoms with Crippen LogP contribution in [0.25, 0.3) is 16.7 Å². The third-order valence-corrected chi connectivity index (χ3v) is 7.48. The van der Waals surface area contributed by atoms with Crippen LogP contribution < -0.4 is 0 Å². The number of hydrogen-bond donors (Lipinski definition) is 1. The van der Waals surface area contributed by atoms with Gasteiger partial charge in [0.25, 0.3) is 0 Å². The van der Waals surface area contributed by atoms with Crippen LogP contribution >= 0.6 is 0 Å². The number of hydrogen-bond acceptors (Lipinski definition) is 2. The molecule has 0 saturated heterocycles. The first kappa shape index (κ1) is 25.7. The van der Waals surface area contributed by atoms with Gasteiger partial charge in [0.2, 0.25) is 0 Å². The maximum atomic E-state index is 9.63. The fourth-order valence-corrected chi connectivity index (χ4v) is 5.29. The Kier molecular flexibility index (Phi) is 10.7. The van der Waals surface area contributed by atoms with Crippen LogP contribution in [-0.4, -0.2) is 25.4 Å². The Morgan fingerprint density at radius 3 is 2.15 bits per heavy atom. The van der Waals surface area contributed by atoms with E-state index in [2.05, 4.69) is 68.5 Å². The molecule has 2 aromatic carbocycles. The molecule has 1 aliphatic carbocycles. The Hall–Kier alpha value is -1.90. The molecule has 3 atom stereocenters. The first-order valence-electron chi connectivity index (χ1n) is 13.2. The number of methoxy groups -OCH3 is 1. The summed E-state index contributed by atoms with van der Waals surface area (Å²) in [7, 11) is 1.71. The normalized spacial score (nSPS) is 18.1. The molecule has 0 aliphatic heterocycles. The summed E-state index contributed by atoms with van der Waals surface area (Å²) in [5.41, 5.74) is 6.82. The first-order valence-corrected chi connectivity index (χ1v) is 13.2. The highest BCUT2D eigenvalue weighted by atomic mass is 16.5. The van der Waals surface area contributed by atoms with Gasteiger partial charge in [0.15, 0.2) is 0 Å². The lowest BCUT2D eigenvalue weighted by Crippen LogP contribution is -2.16. The number of benzene rings is 2. The van der Waals surface area contributed by atoms with Crippen molar-refractivity contribution in [2.24, 2.45) is 11.8 Å². The van der Waals surface area contributed by atoms with E-state index in [1.807, 2.05) is 0 Å². The molecule has 3 rings (SSSR count). The molecule has 2 heteroatoms. The molecule has 3 unspecified atom stereocenters. The average molecular weight is 449 g/mol. The van der Waals surface area contributed by atoms with Crippen molar-refractivity contribution in [1.29, 1.82) is 0 Å². The van der Waals surface area contributed by atoms with Crippen molar-refractivity contribution in [2.75, 3.05) is 20.3 Å². The van der Waals surface area contributed by atoms with Crippen LogP contribution in [0, 0.1) is 11.8 Å². The van der Waals surface area contributed by atoms with Crippen LogP contribution in [0.4, 0.5) is 0 Å². The summed E-state index contributed by atoms with van der Waals surface area (Å²) < 4.78 is 5.27. The Bertz CT molecular complexity index is 834. The molecule has 0 saturated carbocycles. The largest absolute Gasteiger partial charge is 0.396 e. The number of aliphatic hydroxyl groups excluding tert-OH is 1. The summed E-state index contributed by atoms with van der Waals surface area (Å²) in [6, 6.07) is 18.2. The van der Waals surface area contributed by atoms with Crippen LogP contribution in [0.15, 0.2) is 54.6 Å². The summed E-state index contributed by atoms with van der Waals surface area (Å²) in [5, 5.41) is 9.63. The summed E-state index contributed by atoms with van der Waals surface area (Å²) >= 11 is 0. The molecule has 2 aromatic rings. The molecule has 0 radical (unpaired) electrons. The quantitative estimate of drug-likeness (QED) is 0.313. The second kappa shape index (κ2) is 13.7.